The lowest BCUT2D eigenvalue weighted by Gasteiger charge is -2.36. The van der Waals surface area contributed by atoms with Crippen molar-refractivity contribution >= 4 is 51.8 Å². The number of nitrogens with one attached hydrogen (secondary N) is 1. The Balaban J connectivity index is 0.00000338. The van der Waals surface area contributed by atoms with Crippen molar-refractivity contribution in [2.45, 2.75) is 13.8 Å². The van der Waals surface area contributed by atoms with Crippen molar-refractivity contribution in [2.24, 2.45) is 4.99 Å². The van der Waals surface area contributed by atoms with Crippen molar-refractivity contribution in [3.8, 4) is 5.88 Å². The number of hydrogen-bond donors (Lipinski definition) is 1. The predicted octanol–water partition coefficient (Wildman–Crippen LogP) is 1.99. The second-order valence-electron chi connectivity index (χ2n) is 5.43. The monoisotopic (exact) mass is 542 g/mol. The molecule has 2 rings (SSSR count). The first kappa shape index (κ1) is 23.2. The summed E-state index contributed by atoms with van der Waals surface area (Å²) in [6, 6.07) is 0. The van der Waals surface area contributed by atoms with E-state index in [-0.39, 0.29) is 24.0 Å². The first-order valence-corrected chi connectivity index (χ1v) is 9.41. The zero-order valence-corrected chi connectivity index (χ0v) is 19.5. The maximum Gasteiger partial charge on any atom is 0.232 e. The molecule has 10 heteroatoms. The summed E-state index contributed by atoms with van der Waals surface area (Å²) in [6.45, 7) is 10.4. The molecule has 1 aliphatic heterocycles. The predicted molar refractivity (Wildman–Crippen MR) is 118 cm³/mol. The maximum absolute atomic E-state index is 5.36. The summed E-state index contributed by atoms with van der Waals surface area (Å²) in [5.74, 6) is 2.19. The molecule has 1 N–H and O–H groups in total. The van der Waals surface area contributed by atoms with E-state index in [2.05, 4.69) is 52.9 Å². The third-order valence-corrected chi connectivity index (χ3v) is 4.33. The fraction of sp³-hybridized carbons (Fsp3) is 0.688. The van der Waals surface area contributed by atoms with Crippen molar-refractivity contribution < 1.29 is 9.47 Å². The summed E-state index contributed by atoms with van der Waals surface area (Å²) >= 11 is 3.38. The summed E-state index contributed by atoms with van der Waals surface area (Å²) in [7, 11) is 1.61. The molecule has 0 radical (unpaired) electrons. The molecule has 0 unspecified atom stereocenters. The fourth-order valence-corrected chi connectivity index (χ4v) is 2.90. The molecule has 1 fully saturated rings. The fourth-order valence-electron chi connectivity index (χ4n) is 2.54. The van der Waals surface area contributed by atoms with Gasteiger partial charge in [0.1, 0.15) is 0 Å². The van der Waals surface area contributed by atoms with E-state index < -0.39 is 0 Å². The number of piperazine rings is 1. The molecule has 148 valence electrons. The van der Waals surface area contributed by atoms with Gasteiger partial charge in [0, 0.05) is 39.3 Å². The highest BCUT2D eigenvalue weighted by Gasteiger charge is 2.22. The summed E-state index contributed by atoms with van der Waals surface area (Å²) in [5, 5.41) is 3.35. The summed E-state index contributed by atoms with van der Waals surface area (Å²) in [5.41, 5.74) is 0. The van der Waals surface area contributed by atoms with Crippen LogP contribution in [0.25, 0.3) is 0 Å². The number of nitrogens with zero attached hydrogens (tertiary/aromatic N) is 5. The quantitative estimate of drug-likeness (QED) is 0.244. The minimum absolute atomic E-state index is 0. The van der Waals surface area contributed by atoms with Crippen LogP contribution >= 0.6 is 39.9 Å². The second-order valence-corrected chi connectivity index (χ2v) is 6.29. The number of ether oxygens (including phenoxy) is 2. The van der Waals surface area contributed by atoms with Crippen LogP contribution in [0.2, 0.25) is 0 Å². The molecule has 1 aliphatic rings. The topological polar surface area (TPSA) is 75.1 Å². The number of guanidine groups is 1. The molecule has 8 nitrogen and oxygen atoms in total. The van der Waals surface area contributed by atoms with Crippen LogP contribution in [0.3, 0.4) is 0 Å². The van der Waals surface area contributed by atoms with Crippen LogP contribution in [-0.2, 0) is 4.74 Å². The van der Waals surface area contributed by atoms with Gasteiger partial charge in [-0.2, -0.15) is 4.98 Å². The number of methoxy groups -OCH3 is 1. The highest BCUT2D eigenvalue weighted by Crippen LogP contribution is 2.23. The first-order valence-electron chi connectivity index (χ1n) is 8.62. The molecular weight excluding hydrogens is 515 g/mol. The molecule has 1 aromatic heterocycles. The molecular formula is C16H28BrIN6O2. The maximum atomic E-state index is 5.36. The summed E-state index contributed by atoms with van der Waals surface area (Å²) in [4.78, 5) is 17.9. The third kappa shape index (κ3) is 6.69. The number of aromatic nitrogens is 2. The van der Waals surface area contributed by atoms with E-state index in [1.165, 1.54) is 0 Å². The van der Waals surface area contributed by atoms with Crippen LogP contribution < -0.4 is 15.0 Å². The minimum atomic E-state index is 0. The van der Waals surface area contributed by atoms with Gasteiger partial charge in [-0.05, 0) is 29.8 Å². The van der Waals surface area contributed by atoms with E-state index in [0.717, 1.165) is 49.8 Å². The van der Waals surface area contributed by atoms with Crippen LogP contribution in [-0.4, -0.2) is 80.4 Å². The number of hydrogen-bond acceptors (Lipinski definition) is 6. The van der Waals surface area contributed by atoms with Crippen molar-refractivity contribution in [2.75, 3.05) is 64.5 Å². The SMILES string of the molecule is CCNC(=NCCOCC)N1CCN(c2ncc(Br)c(OC)n2)CC1.I. The number of halogens is 2. The van der Waals surface area contributed by atoms with E-state index in [0.29, 0.717) is 25.0 Å². The van der Waals surface area contributed by atoms with Gasteiger partial charge in [-0.3, -0.25) is 4.99 Å². The Morgan fingerprint density at radius 1 is 1.31 bits per heavy atom. The van der Waals surface area contributed by atoms with Gasteiger partial charge in [0.15, 0.2) is 5.96 Å². The Bertz CT molecular complexity index is 570. The van der Waals surface area contributed by atoms with E-state index in [9.17, 15) is 0 Å². The van der Waals surface area contributed by atoms with E-state index in [1.54, 1.807) is 13.3 Å². The van der Waals surface area contributed by atoms with Crippen LogP contribution in [0.5, 0.6) is 5.88 Å². The molecule has 26 heavy (non-hydrogen) atoms. The summed E-state index contributed by atoms with van der Waals surface area (Å²) in [6.07, 6.45) is 1.73. The lowest BCUT2D eigenvalue weighted by atomic mass is 10.3. The normalized spacial score (nSPS) is 14.8. The number of rotatable bonds is 7. The van der Waals surface area contributed by atoms with Crippen molar-refractivity contribution in [1.29, 1.82) is 0 Å². The number of aliphatic imine (C=N–C) groups is 1. The van der Waals surface area contributed by atoms with Crippen LogP contribution in [0.4, 0.5) is 5.95 Å². The third-order valence-electron chi connectivity index (χ3n) is 3.79. The summed E-state index contributed by atoms with van der Waals surface area (Å²) < 4.78 is 11.4. The Kier molecular flexibility index (Phi) is 11.1. The Labute approximate surface area is 180 Å². The van der Waals surface area contributed by atoms with Gasteiger partial charge in [-0.15, -0.1) is 24.0 Å². The van der Waals surface area contributed by atoms with Crippen LogP contribution in [0, 0.1) is 0 Å². The molecule has 0 bridgehead atoms. The molecule has 0 amide bonds. The number of anilines is 1. The lowest BCUT2D eigenvalue weighted by molar-refractivity contribution is 0.155. The van der Waals surface area contributed by atoms with Gasteiger partial charge in [0.25, 0.3) is 0 Å². The molecule has 0 atom stereocenters. The minimum Gasteiger partial charge on any atom is -0.480 e. The van der Waals surface area contributed by atoms with Crippen molar-refractivity contribution in [1.82, 2.24) is 20.2 Å². The zero-order chi connectivity index (χ0) is 18.1. The van der Waals surface area contributed by atoms with Crippen molar-refractivity contribution in [3.63, 3.8) is 0 Å². The van der Waals surface area contributed by atoms with Gasteiger partial charge < -0.3 is 24.6 Å². The zero-order valence-electron chi connectivity index (χ0n) is 15.6. The molecule has 0 aliphatic carbocycles. The molecule has 0 spiro atoms. The first-order chi connectivity index (χ1) is 12.2. The van der Waals surface area contributed by atoms with Gasteiger partial charge >= 0.3 is 0 Å². The van der Waals surface area contributed by atoms with Crippen molar-refractivity contribution in [3.05, 3.63) is 10.7 Å². The average molecular weight is 543 g/mol. The Morgan fingerprint density at radius 2 is 2.04 bits per heavy atom. The van der Waals surface area contributed by atoms with Gasteiger partial charge in [0.05, 0.1) is 30.9 Å². The van der Waals surface area contributed by atoms with E-state index in [1.807, 2.05) is 6.92 Å². The second kappa shape index (κ2) is 12.5. The molecule has 2 heterocycles. The van der Waals surface area contributed by atoms with Crippen LogP contribution in [0.15, 0.2) is 15.7 Å². The van der Waals surface area contributed by atoms with Gasteiger partial charge in [0.2, 0.25) is 11.8 Å². The molecule has 1 aromatic rings. The van der Waals surface area contributed by atoms with Gasteiger partial charge in [-0.25, -0.2) is 4.98 Å². The van der Waals surface area contributed by atoms with E-state index in [4.69, 9.17) is 9.47 Å². The standard InChI is InChI=1S/C16H27BrN6O2.HI/c1-4-18-15(19-6-11-25-5-2)22-7-9-23(10-8-22)16-20-12-13(17)14(21-16)24-3;/h12H,4-11H2,1-3H3,(H,18,19);1H. The highest BCUT2D eigenvalue weighted by atomic mass is 127. The largest absolute Gasteiger partial charge is 0.480 e. The molecule has 0 saturated carbocycles. The van der Waals surface area contributed by atoms with Gasteiger partial charge in [-0.1, -0.05) is 0 Å². The lowest BCUT2D eigenvalue weighted by Crippen LogP contribution is -2.53. The Hall–Kier alpha value is -0.880. The average Bonchev–Trinajstić information content (AvgIpc) is 2.65. The van der Waals surface area contributed by atoms with E-state index >= 15 is 0 Å². The molecule has 0 aromatic carbocycles. The molecule has 1 saturated heterocycles. The Morgan fingerprint density at radius 3 is 2.65 bits per heavy atom. The smallest absolute Gasteiger partial charge is 0.232 e. The highest BCUT2D eigenvalue weighted by molar-refractivity contribution is 14.0. The van der Waals surface area contributed by atoms with Crippen LogP contribution in [0.1, 0.15) is 13.8 Å².